The van der Waals surface area contributed by atoms with Crippen molar-refractivity contribution in [3.05, 3.63) is 0 Å². The van der Waals surface area contributed by atoms with Crippen molar-refractivity contribution in [3.8, 4) is 0 Å². The van der Waals surface area contributed by atoms with Crippen molar-refractivity contribution in [1.82, 2.24) is 0 Å². The molecule has 0 bridgehead atoms. The number of rotatable bonds is 0. The molecule has 32 valence electrons. The van der Waals surface area contributed by atoms with Crippen LogP contribution in [0.4, 0.5) is 0 Å². The molecule has 0 aliphatic heterocycles. The van der Waals surface area contributed by atoms with Gasteiger partial charge in [-0.05, 0) is 0 Å². The van der Waals surface area contributed by atoms with Crippen molar-refractivity contribution in [3.63, 3.8) is 0 Å². The Kier molecular flexibility index (Phi) is 325. The predicted molar refractivity (Wildman–Crippen MR) is 0 cm³/mol. The summed E-state index contributed by atoms with van der Waals surface area (Å²) in [6, 6.07) is 0. The molecule has 0 unspecified atom stereocenters. The number of hydrogen-bond acceptors (Lipinski definition) is 0. The largest absolute Gasteiger partial charge is 1.00 e. The van der Waals surface area contributed by atoms with E-state index in [0.29, 0.717) is 0 Å². The van der Waals surface area contributed by atoms with E-state index in [1.54, 1.807) is 0 Å². The fourth-order valence-electron chi connectivity index (χ4n) is 0. The van der Waals surface area contributed by atoms with E-state index in [9.17, 15) is 0 Å². The average molecular weight is 608 g/mol. The molecule has 0 aromatic heterocycles. The van der Waals surface area contributed by atoms with E-state index >= 15 is 0 Å². The number of hydrogen-bond donors (Lipinski definition) is 0. The van der Waals surface area contributed by atoms with E-state index in [1.165, 1.54) is 0 Å². The van der Waals surface area contributed by atoms with Gasteiger partial charge in [0.05, 0.1) is 0 Å². The van der Waals surface area contributed by atoms with E-state index in [-0.39, 0.29) is 294 Å². The molecule has 0 saturated carbocycles. The van der Waals surface area contributed by atoms with Gasteiger partial charge >= 0.3 is 276 Å². The SMILES string of the molecule is [Cs+].[Cs+].[Cs+].[Cs+].[F-].[F-].[F-].[F-]. The smallest absolute Gasteiger partial charge is 1.00 e. The van der Waals surface area contributed by atoms with Crippen molar-refractivity contribution in [1.29, 1.82) is 0 Å². The first-order chi connectivity index (χ1) is 0. The van der Waals surface area contributed by atoms with Gasteiger partial charge in [-0.15, -0.1) is 0 Å². The molecule has 0 heterocycles. The van der Waals surface area contributed by atoms with Crippen LogP contribution in [0.25, 0.3) is 0 Å². The molecule has 0 aromatic carbocycles. The molecule has 0 N–H and O–H groups in total. The molecule has 0 saturated heterocycles. The first-order valence-electron chi connectivity index (χ1n) is 0. The summed E-state index contributed by atoms with van der Waals surface area (Å²) in [4.78, 5) is 0. The maximum Gasteiger partial charge on any atom is 1.00 e. The molecule has 0 fully saturated rings. The van der Waals surface area contributed by atoms with E-state index in [0.717, 1.165) is 0 Å². The standard InChI is InChI=1S/4Cs.4FH/h;;;;4*1H/q4*+1;;;;/p-4. The minimum atomic E-state index is 0. The molecule has 8 heteroatoms. The van der Waals surface area contributed by atoms with Gasteiger partial charge in [-0.3, -0.25) is 0 Å². The third kappa shape index (κ3) is 37.0. The topological polar surface area (TPSA) is 0 Å². The number of halogens is 4. The second-order valence-electron chi connectivity index (χ2n) is 0. The molecule has 0 amide bonds. The van der Waals surface area contributed by atoms with Gasteiger partial charge in [0, 0.05) is 0 Å². The Balaban J connectivity index is 0. The van der Waals surface area contributed by atoms with Crippen LogP contribution in [0, 0.1) is 0 Å². The van der Waals surface area contributed by atoms with Crippen molar-refractivity contribution >= 4 is 0 Å². The van der Waals surface area contributed by atoms with Gasteiger partial charge in [0.15, 0.2) is 0 Å². The van der Waals surface area contributed by atoms with E-state index < -0.39 is 0 Å². The van der Waals surface area contributed by atoms with Gasteiger partial charge in [-0.25, -0.2) is 0 Å². The Bertz CT molecular complexity index is 8.00. The fourth-order valence-corrected chi connectivity index (χ4v) is 0. The van der Waals surface area contributed by atoms with Crippen molar-refractivity contribution in [2.24, 2.45) is 0 Å². The summed E-state index contributed by atoms with van der Waals surface area (Å²) in [5.74, 6) is 0. The van der Waals surface area contributed by atoms with Crippen LogP contribution in [0.1, 0.15) is 0 Å². The van der Waals surface area contributed by atoms with Gasteiger partial charge < -0.3 is 18.8 Å². The van der Waals surface area contributed by atoms with Crippen LogP contribution in [-0.4, -0.2) is 0 Å². The maximum absolute atomic E-state index is 0. The van der Waals surface area contributed by atoms with E-state index in [4.69, 9.17) is 0 Å². The van der Waals surface area contributed by atoms with Gasteiger partial charge in [0.25, 0.3) is 0 Å². The van der Waals surface area contributed by atoms with Gasteiger partial charge in [-0.2, -0.15) is 0 Å². The second kappa shape index (κ2) is 46.1. The normalized spacial score (nSPS) is 0. The predicted octanol–water partition coefficient (Wildman–Crippen LogP) is -24.0. The third-order valence-corrected chi connectivity index (χ3v) is 0. The van der Waals surface area contributed by atoms with Crippen LogP contribution in [0.5, 0.6) is 0 Å². The zero-order valence-electron chi connectivity index (χ0n) is 5.51. The Morgan fingerprint density at radius 3 is 0.250 bits per heavy atom. The van der Waals surface area contributed by atoms with Crippen molar-refractivity contribution < 1.29 is 294 Å². The molecule has 0 nitrogen and oxygen atoms in total. The van der Waals surface area contributed by atoms with Gasteiger partial charge in [-0.1, -0.05) is 0 Å². The van der Waals surface area contributed by atoms with Gasteiger partial charge in [0.2, 0.25) is 0 Å². The first kappa shape index (κ1) is 56.5. The molecule has 0 aliphatic carbocycles. The zero-order chi connectivity index (χ0) is 0. The summed E-state index contributed by atoms with van der Waals surface area (Å²) in [5, 5.41) is 0. The van der Waals surface area contributed by atoms with Crippen LogP contribution in [0.15, 0.2) is 0 Å². The minimum Gasteiger partial charge on any atom is -1.00 e. The van der Waals surface area contributed by atoms with Crippen molar-refractivity contribution in [2.45, 2.75) is 0 Å². The van der Waals surface area contributed by atoms with Crippen molar-refractivity contribution in [2.75, 3.05) is 0 Å². The molecular weight excluding hydrogens is 608 g/mol. The van der Waals surface area contributed by atoms with E-state index in [2.05, 4.69) is 0 Å². The van der Waals surface area contributed by atoms with E-state index in [1.807, 2.05) is 0 Å². The van der Waals surface area contributed by atoms with Crippen LogP contribution in [0.3, 0.4) is 0 Å². The quantitative estimate of drug-likeness (QED) is 0.240. The first-order valence-corrected chi connectivity index (χ1v) is 0. The monoisotopic (exact) mass is 608 g/mol. The molecule has 0 radical (unpaired) electrons. The molecule has 0 spiro atoms. The average Bonchev–Trinajstić information content (AvgIpc) is 0. The molecule has 0 rings (SSSR count). The Morgan fingerprint density at radius 1 is 0.250 bits per heavy atom. The summed E-state index contributed by atoms with van der Waals surface area (Å²) < 4.78 is 0. The molecular formula is Cs4F4. The fraction of sp³-hybridized carbons (Fsp3) is 0. The summed E-state index contributed by atoms with van der Waals surface area (Å²) in [6.07, 6.45) is 0. The summed E-state index contributed by atoms with van der Waals surface area (Å²) in [5.41, 5.74) is 0. The molecule has 0 atom stereocenters. The maximum atomic E-state index is 0. The summed E-state index contributed by atoms with van der Waals surface area (Å²) >= 11 is 0. The second-order valence-corrected chi connectivity index (χ2v) is 0. The summed E-state index contributed by atoms with van der Waals surface area (Å²) in [7, 11) is 0. The zero-order valence-corrected chi connectivity index (χ0v) is 30.6. The van der Waals surface area contributed by atoms with Crippen LogP contribution < -0.4 is 294 Å². The summed E-state index contributed by atoms with van der Waals surface area (Å²) in [6.45, 7) is 0. The Labute approximate surface area is 282 Å². The van der Waals surface area contributed by atoms with Crippen LogP contribution >= 0.6 is 0 Å². The molecule has 0 aromatic rings. The minimum absolute atomic E-state index is 0. The Morgan fingerprint density at radius 2 is 0.250 bits per heavy atom. The molecule has 0 aliphatic rings. The third-order valence-electron chi connectivity index (χ3n) is 0. The molecule has 8 heavy (non-hydrogen) atoms. The Hall–Kier alpha value is 7.93. The van der Waals surface area contributed by atoms with Gasteiger partial charge in [0.1, 0.15) is 0 Å². The van der Waals surface area contributed by atoms with Crippen LogP contribution in [0.2, 0.25) is 0 Å². The van der Waals surface area contributed by atoms with Crippen LogP contribution in [-0.2, 0) is 0 Å².